The molecule has 0 aliphatic heterocycles. The quantitative estimate of drug-likeness (QED) is 0.311. The Morgan fingerprint density at radius 2 is 1.88 bits per heavy atom. The highest BCUT2D eigenvalue weighted by atomic mass is 35.5. The minimum absolute atomic E-state index is 0.452. The maximum atomic E-state index is 5.88. The van der Waals surface area contributed by atoms with Crippen molar-refractivity contribution in [3.05, 3.63) is 76.0 Å². The summed E-state index contributed by atoms with van der Waals surface area (Å²) in [6.45, 7) is 0.452. The summed E-state index contributed by atoms with van der Waals surface area (Å²) < 4.78 is 5.74. The Morgan fingerprint density at radius 3 is 2.77 bits per heavy atom. The largest absolute Gasteiger partial charge is 0.486 e. The molecular formula is C19H14ClN3OS2. The molecule has 0 radical (unpaired) electrons. The van der Waals surface area contributed by atoms with Crippen LogP contribution in [-0.2, 0) is 12.4 Å². The average Bonchev–Trinajstić information content (AvgIpc) is 3.14. The zero-order valence-electron chi connectivity index (χ0n) is 13.6. The molecule has 2 aromatic carbocycles. The highest BCUT2D eigenvalue weighted by molar-refractivity contribution is 7.98. The Bertz CT molecular complexity index is 1020. The van der Waals surface area contributed by atoms with Crippen molar-refractivity contribution in [3.63, 3.8) is 0 Å². The van der Waals surface area contributed by atoms with Gasteiger partial charge in [-0.1, -0.05) is 41.6 Å². The highest BCUT2D eigenvalue weighted by Gasteiger charge is 2.07. The molecule has 4 nitrogen and oxygen atoms in total. The van der Waals surface area contributed by atoms with Gasteiger partial charge < -0.3 is 4.74 Å². The molecule has 0 saturated heterocycles. The third-order valence-electron chi connectivity index (χ3n) is 3.64. The molecular weight excluding hydrogens is 386 g/mol. The lowest BCUT2D eigenvalue weighted by molar-refractivity contribution is 0.305. The molecule has 2 aromatic heterocycles. The van der Waals surface area contributed by atoms with Gasteiger partial charge in [-0.05, 0) is 30.3 Å². The SMILES string of the molecule is Clc1ccc(OCc2nc(CSc3ncnc4ccccc34)cs2)cc1. The highest BCUT2D eigenvalue weighted by Crippen LogP contribution is 2.28. The first-order chi connectivity index (χ1) is 12.8. The second kappa shape index (κ2) is 8.03. The van der Waals surface area contributed by atoms with E-state index < -0.39 is 0 Å². The lowest BCUT2D eigenvalue weighted by Gasteiger charge is -2.04. The van der Waals surface area contributed by atoms with Gasteiger partial charge in [0.25, 0.3) is 0 Å². The van der Waals surface area contributed by atoms with E-state index in [0.29, 0.717) is 11.6 Å². The summed E-state index contributed by atoms with van der Waals surface area (Å²) in [5.74, 6) is 1.55. The second-order valence-corrected chi connectivity index (χ2v) is 7.80. The lowest BCUT2D eigenvalue weighted by atomic mass is 10.2. The summed E-state index contributed by atoms with van der Waals surface area (Å²) in [5.41, 5.74) is 1.98. The number of rotatable bonds is 6. The summed E-state index contributed by atoms with van der Waals surface area (Å²) in [4.78, 5) is 13.3. The van der Waals surface area contributed by atoms with E-state index in [1.165, 1.54) is 0 Å². The van der Waals surface area contributed by atoms with Crippen molar-refractivity contribution in [1.29, 1.82) is 0 Å². The number of hydrogen-bond donors (Lipinski definition) is 0. The number of fused-ring (bicyclic) bond motifs is 1. The first kappa shape index (κ1) is 17.3. The Kier molecular flexibility index (Phi) is 5.34. The Balaban J connectivity index is 1.38. The van der Waals surface area contributed by atoms with E-state index in [0.717, 1.165) is 38.1 Å². The molecule has 26 heavy (non-hydrogen) atoms. The number of para-hydroxylation sites is 1. The third-order valence-corrected chi connectivity index (χ3v) is 5.80. The van der Waals surface area contributed by atoms with Crippen LogP contribution in [0, 0.1) is 0 Å². The van der Waals surface area contributed by atoms with Crippen molar-refractivity contribution in [1.82, 2.24) is 15.0 Å². The minimum atomic E-state index is 0.452. The predicted octanol–water partition coefficient (Wildman–Crippen LogP) is 5.61. The van der Waals surface area contributed by atoms with Crippen LogP contribution in [0.15, 0.2) is 65.3 Å². The van der Waals surface area contributed by atoms with Gasteiger partial charge in [0.05, 0.1) is 11.2 Å². The summed E-state index contributed by atoms with van der Waals surface area (Å²) in [6, 6.07) is 15.4. The van der Waals surface area contributed by atoms with Crippen molar-refractivity contribution in [2.24, 2.45) is 0 Å². The summed E-state index contributed by atoms with van der Waals surface area (Å²) in [7, 11) is 0. The fraction of sp³-hybridized carbons (Fsp3) is 0.105. The Labute approximate surface area is 164 Å². The molecule has 0 atom stereocenters. The summed E-state index contributed by atoms with van der Waals surface area (Å²) >= 11 is 9.15. The van der Waals surface area contributed by atoms with E-state index in [4.69, 9.17) is 16.3 Å². The van der Waals surface area contributed by atoms with Crippen LogP contribution in [0.2, 0.25) is 5.02 Å². The van der Waals surface area contributed by atoms with Gasteiger partial charge in [-0.25, -0.2) is 15.0 Å². The molecule has 4 rings (SSSR count). The monoisotopic (exact) mass is 399 g/mol. The first-order valence-corrected chi connectivity index (χ1v) is 10.2. The normalized spacial score (nSPS) is 11.0. The maximum Gasteiger partial charge on any atom is 0.140 e. The van der Waals surface area contributed by atoms with Crippen molar-refractivity contribution in [3.8, 4) is 5.75 Å². The van der Waals surface area contributed by atoms with Gasteiger partial charge in [-0.15, -0.1) is 11.3 Å². The van der Waals surface area contributed by atoms with Crippen LogP contribution in [0.4, 0.5) is 0 Å². The standard InChI is InChI=1S/C19H14ClN3OS2/c20-13-5-7-15(8-6-13)24-9-18-23-14(10-25-18)11-26-19-16-3-1-2-4-17(16)21-12-22-19/h1-8,10,12H,9,11H2. The molecule has 0 bridgehead atoms. The van der Waals surface area contributed by atoms with Crippen LogP contribution in [0.3, 0.4) is 0 Å². The number of thiazole rings is 1. The smallest absolute Gasteiger partial charge is 0.140 e. The van der Waals surface area contributed by atoms with Crippen molar-refractivity contribution >= 4 is 45.6 Å². The first-order valence-electron chi connectivity index (χ1n) is 7.92. The molecule has 0 aliphatic rings. The number of benzene rings is 2. The zero-order chi connectivity index (χ0) is 17.8. The number of thioether (sulfide) groups is 1. The van der Waals surface area contributed by atoms with Crippen molar-refractivity contribution in [2.45, 2.75) is 17.4 Å². The molecule has 4 aromatic rings. The van der Waals surface area contributed by atoms with E-state index in [1.807, 2.05) is 48.5 Å². The van der Waals surface area contributed by atoms with Crippen LogP contribution in [0.1, 0.15) is 10.7 Å². The van der Waals surface area contributed by atoms with Crippen LogP contribution in [0.5, 0.6) is 5.75 Å². The van der Waals surface area contributed by atoms with Gasteiger partial charge in [0.2, 0.25) is 0 Å². The molecule has 0 aliphatic carbocycles. The molecule has 0 spiro atoms. The van der Waals surface area contributed by atoms with Gasteiger partial charge in [0.15, 0.2) is 0 Å². The van der Waals surface area contributed by atoms with Gasteiger partial charge in [0, 0.05) is 21.5 Å². The molecule has 7 heteroatoms. The van der Waals surface area contributed by atoms with Gasteiger partial charge in [-0.2, -0.15) is 0 Å². The molecule has 0 unspecified atom stereocenters. The van der Waals surface area contributed by atoms with Crippen molar-refractivity contribution in [2.75, 3.05) is 0 Å². The molecule has 0 N–H and O–H groups in total. The average molecular weight is 400 g/mol. The Morgan fingerprint density at radius 1 is 1.04 bits per heavy atom. The molecule has 130 valence electrons. The fourth-order valence-corrected chi connectivity index (χ4v) is 4.21. The number of halogens is 1. The van der Waals surface area contributed by atoms with Crippen LogP contribution in [-0.4, -0.2) is 15.0 Å². The topological polar surface area (TPSA) is 47.9 Å². The number of aromatic nitrogens is 3. The molecule has 0 fully saturated rings. The van der Waals surface area contributed by atoms with E-state index in [9.17, 15) is 0 Å². The maximum absolute atomic E-state index is 5.88. The molecule has 2 heterocycles. The lowest BCUT2D eigenvalue weighted by Crippen LogP contribution is -1.95. The summed E-state index contributed by atoms with van der Waals surface area (Å²) in [6.07, 6.45) is 1.61. The number of nitrogens with zero attached hydrogens (tertiary/aromatic N) is 3. The zero-order valence-corrected chi connectivity index (χ0v) is 16.0. The fourth-order valence-electron chi connectivity index (χ4n) is 2.39. The van der Waals surface area contributed by atoms with E-state index >= 15 is 0 Å². The number of ether oxygens (including phenoxy) is 1. The van der Waals surface area contributed by atoms with E-state index in [-0.39, 0.29) is 0 Å². The van der Waals surface area contributed by atoms with Crippen LogP contribution < -0.4 is 4.74 Å². The van der Waals surface area contributed by atoms with Crippen molar-refractivity contribution < 1.29 is 4.74 Å². The van der Waals surface area contributed by atoms with Gasteiger partial charge in [-0.3, -0.25) is 0 Å². The predicted molar refractivity (Wildman–Crippen MR) is 107 cm³/mol. The van der Waals surface area contributed by atoms with E-state index in [2.05, 4.69) is 20.3 Å². The second-order valence-electron chi connectivity index (χ2n) is 5.46. The number of hydrogen-bond acceptors (Lipinski definition) is 6. The van der Waals surface area contributed by atoms with Gasteiger partial charge in [0.1, 0.15) is 28.7 Å². The van der Waals surface area contributed by atoms with Crippen LogP contribution in [0.25, 0.3) is 10.9 Å². The third kappa shape index (κ3) is 4.15. The molecule has 0 saturated carbocycles. The summed E-state index contributed by atoms with van der Waals surface area (Å²) in [5, 5.41) is 5.76. The van der Waals surface area contributed by atoms with E-state index in [1.54, 1.807) is 29.4 Å². The Hall–Kier alpha value is -2.15. The van der Waals surface area contributed by atoms with Gasteiger partial charge >= 0.3 is 0 Å². The molecule has 0 amide bonds. The van der Waals surface area contributed by atoms with Crippen LogP contribution >= 0.6 is 34.7 Å². The minimum Gasteiger partial charge on any atom is -0.486 e.